The topological polar surface area (TPSA) is 38.3 Å². The lowest BCUT2D eigenvalue weighted by atomic mass is 9.88. The minimum Gasteiger partial charge on any atom is -0.379 e. The molecule has 1 aliphatic carbocycles. The van der Waals surface area contributed by atoms with Gasteiger partial charge in [0.25, 0.3) is 0 Å². The first-order valence-corrected chi connectivity index (χ1v) is 5.02. The highest BCUT2D eigenvalue weighted by molar-refractivity contribution is 5.78. The molecule has 1 saturated carbocycles. The molecule has 0 aromatic heterocycles. The fourth-order valence-corrected chi connectivity index (χ4v) is 1.43. The van der Waals surface area contributed by atoms with Crippen LogP contribution in [0.25, 0.3) is 0 Å². The normalized spacial score (nSPS) is 29.2. The van der Waals surface area contributed by atoms with Gasteiger partial charge in [0.2, 0.25) is 5.91 Å². The van der Waals surface area contributed by atoms with E-state index in [0.29, 0.717) is 0 Å². The van der Waals surface area contributed by atoms with E-state index in [9.17, 15) is 4.79 Å². The van der Waals surface area contributed by atoms with Crippen LogP contribution in [-0.4, -0.2) is 25.2 Å². The van der Waals surface area contributed by atoms with Gasteiger partial charge < -0.3 is 10.1 Å². The Balaban J connectivity index is 2.28. The number of rotatable bonds is 4. The molecule has 1 rings (SSSR count). The maximum atomic E-state index is 11.5. The summed E-state index contributed by atoms with van der Waals surface area (Å²) in [4.78, 5) is 11.5. The van der Waals surface area contributed by atoms with Crippen molar-refractivity contribution in [1.29, 1.82) is 0 Å². The molecule has 3 nitrogen and oxygen atoms in total. The number of ether oxygens (including phenoxy) is 1. The van der Waals surface area contributed by atoms with E-state index in [2.05, 4.69) is 5.32 Å². The number of hydrogen-bond donors (Lipinski definition) is 1. The fourth-order valence-electron chi connectivity index (χ4n) is 1.43. The Morgan fingerprint density at radius 1 is 1.62 bits per heavy atom. The highest BCUT2D eigenvalue weighted by atomic mass is 16.5. The molecule has 0 heterocycles. The summed E-state index contributed by atoms with van der Waals surface area (Å²) in [5.41, 5.74) is 0. The Bertz CT molecular complexity index is 180. The standard InChI is InChI=1S/C10H19NO2/c1-4-7(2)10(12)11-8-5-6-9(8)13-3/h7-9H,4-6H2,1-3H3,(H,11,12). The van der Waals surface area contributed by atoms with E-state index >= 15 is 0 Å². The minimum atomic E-state index is 0.123. The van der Waals surface area contributed by atoms with Crippen molar-refractivity contribution >= 4 is 5.91 Å². The molecule has 76 valence electrons. The van der Waals surface area contributed by atoms with Crippen LogP contribution in [0.4, 0.5) is 0 Å². The molecular weight excluding hydrogens is 166 g/mol. The Morgan fingerprint density at radius 3 is 2.69 bits per heavy atom. The molecule has 0 radical (unpaired) electrons. The van der Waals surface area contributed by atoms with E-state index in [1.54, 1.807) is 7.11 Å². The summed E-state index contributed by atoms with van der Waals surface area (Å²) in [5, 5.41) is 3.00. The third-order valence-electron chi connectivity index (χ3n) is 2.90. The van der Waals surface area contributed by atoms with Crippen molar-refractivity contribution in [2.75, 3.05) is 7.11 Å². The molecule has 1 aliphatic rings. The van der Waals surface area contributed by atoms with Crippen LogP contribution in [0, 0.1) is 5.92 Å². The second kappa shape index (κ2) is 4.61. The average molecular weight is 185 g/mol. The predicted molar refractivity (Wildman–Crippen MR) is 51.4 cm³/mol. The van der Waals surface area contributed by atoms with Crippen LogP contribution in [0.3, 0.4) is 0 Å². The van der Waals surface area contributed by atoms with Gasteiger partial charge in [0.05, 0.1) is 12.1 Å². The zero-order valence-corrected chi connectivity index (χ0v) is 8.67. The summed E-state index contributed by atoms with van der Waals surface area (Å²) in [6.07, 6.45) is 3.27. The molecule has 1 amide bonds. The molecule has 3 atom stereocenters. The Morgan fingerprint density at radius 2 is 2.31 bits per heavy atom. The molecule has 0 aliphatic heterocycles. The Kier molecular flexibility index (Phi) is 3.72. The summed E-state index contributed by atoms with van der Waals surface area (Å²) in [6, 6.07) is 0.256. The van der Waals surface area contributed by atoms with Gasteiger partial charge in [0, 0.05) is 13.0 Å². The lowest BCUT2D eigenvalue weighted by molar-refractivity contribution is -0.128. The van der Waals surface area contributed by atoms with E-state index in [1.807, 2.05) is 13.8 Å². The third-order valence-corrected chi connectivity index (χ3v) is 2.90. The van der Waals surface area contributed by atoms with Crippen LogP contribution < -0.4 is 5.32 Å². The summed E-state index contributed by atoms with van der Waals surface area (Å²) in [5.74, 6) is 0.285. The van der Waals surface area contributed by atoms with Gasteiger partial charge >= 0.3 is 0 Å². The zero-order valence-electron chi connectivity index (χ0n) is 8.67. The molecule has 13 heavy (non-hydrogen) atoms. The largest absolute Gasteiger partial charge is 0.379 e. The number of nitrogens with one attached hydrogen (secondary N) is 1. The fraction of sp³-hybridized carbons (Fsp3) is 0.900. The van der Waals surface area contributed by atoms with Crippen molar-refractivity contribution in [3.05, 3.63) is 0 Å². The number of carbonyl (C=O) groups is 1. The zero-order chi connectivity index (χ0) is 9.84. The summed E-state index contributed by atoms with van der Waals surface area (Å²) >= 11 is 0. The van der Waals surface area contributed by atoms with Crippen LogP contribution in [-0.2, 0) is 9.53 Å². The lowest BCUT2D eigenvalue weighted by Gasteiger charge is -2.36. The molecule has 0 spiro atoms. The first-order valence-electron chi connectivity index (χ1n) is 5.02. The maximum Gasteiger partial charge on any atom is 0.223 e. The molecule has 0 saturated heterocycles. The van der Waals surface area contributed by atoms with Crippen LogP contribution >= 0.6 is 0 Å². The van der Waals surface area contributed by atoms with Crippen LogP contribution in [0.1, 0.15) is 33.1 Å². The smallest absolute Gasteiger partial charge is 0.223 e. The van der Waals surface area contributed by atoms with Crippen molar-refractivity contribution in [1.82, 2.24) is 5.32 Å². The highest BCUT2D eigenvalue weighted by Crippen LogP contribution is 2.22. The van der Waals surface area contributed by atoms with Crippen molar-refractivity contribution in [2.24, 2.45) is 5.92 Å². The van der Waals surface area contributed by atoms with Crippen LogP contribution in [0.2, 0.25) is 0 Å². The van der Waals surface area contributed by atoms with E-state index in [0.717, 1.165) is 19.3 Å². The SMILES string of the molecule is CCC(C)C(=O)NC1CCC1OC. The molecule has 3 heteroatoms. The van der Waals surface area contributed by atoms with Gasteiger partial charge in [-0.05, 0) is 19.3 Å². The van der Waals surface area contributed by atoms with Crippen molar-refractivity contribution in [3.63, 3.8) is 0 Å². The summed E-state index contributed by atoms with van der Waals surface area (Å²) in [7, 11) is 1.70. The van der Waals surface area contributed by atoms with E-state index in [-0.39, 0.29) is 24.0 Å². The quantitative estimate of drug-likeness (QED) is 0.717. The van der Waals surface area contributed by atoms with E-state index in [1.165, 1.54) is 0 Å². The Hall–Kier alpha value is -0.570. The van der Waals surface area contributed by atoms with Crippen molar-refractivity contribution in [3.8, 4) is 0 Å². The lowest BCUT2D eigenvalue weighted by Crippen LogP contribution is -2.52. The van der Waals surface area contributed by atoms with Gasteiger partial charge in [0.1, 0.15) is 0 Å². The van der Waals surface area contributed by atoms with Crippen LogP contribution in [0.15, 0.2) is 0 Å². The second-order valence-corrected chi connectivity index (χ2v) is 3.78. The van der Waals surface area contributed by atoms with Crippen LogP contribution in [0.5, 0.6) is 0 Å². The van der Waals surface area contributed by atoms with Gasteiger partial charge in [-0.3, -0.25) is 4.79 Å². The first-order chi connectivity index (χ1) is 6.19. The second-order valence-electron chi connectivity index (χ2n) is 3.78. The van der Waals surface area contributed by atoms with E-state index in [4.69, 9.17) is 4.74 Å². The first kappa shape index (κ1) is 10.5. The van der Waals surface area contributed by atoms with Crippen molar-refractivity contribution < 1.29 is 9.53 Å². The van der Waals surface area contributed by atoms with Gasteiger partial charge in [-0.25, -0.2) is 0 Å². The Labute approximate surface area is 79.8 Å². The predicted octanol–water partition coefficient (Wildman–Crippen LogP) is 1.33. The monoisotopic (exact) mass is 185 g/mol. The molecule has 1 fully saturated rings. The highest BCUT2D eigenvalue weighted by Gasteiger charge is 2.32. The van der Waals surface area contributed by atoms with E-state index < -0.39 is 0 Å². The third kappa shape index (κ3) is 2.44. The van der Waals surface area contributed by atoms with Gasteiger partial charge in [-0.15, -0.1) is 0 Å². The molecule has 0 aromatic carbocycles. The van der Waals surface area contributed by atoms with Gasteiger partial charge in [-0.2, -0.15) is 0 Å². The molecular formula is C10H19NO2. The minimum absolute atomic E-state index is 0.123. The molecule has 1 N–H and O–H groups in total. The number of carbonyl (C=O) groups excluding carboxylic acids is 1. The van der Waals surface area contributed by atoms with Gasteiger partial charge in [-0.1, -0.05) is 13.8 Å². The molecule has 0 bridgehead atoms. The summed E-state index contributed by atoms with van der Waals surface area (Å²) < 4.78 is 5.20. The molecule has 0 aromatic rings. The van der Waals surface area contributed by atoms with Gasteiger partial charge in [0.15, 0.2) is 0 Å². The molecule has 3 unspecified atom stereocenters. The number of methoxy groups -OCH3 is 1. The van der Waals surface area contributed by atoms with Crippen molar-refractivity contribution in [2.45, 2.75) is 45.3 Å². The number of amides is 1. The summed E-state index contributed by atoms with van der Waals surface area (Å²) in [6.45, 7) is 3.98. The average Bonchev–Trinajstić information content (AvgIpc) is 2.11. The number of hydrogen-bond acceptors (Lipinski definition) is 2. The maximum absolute atomic E-state index is 11.5.